The Labute approximate surface area is 179 Å². The molecule has 1 fully saturated rings. The van der Waals surface area contributed by atoms with Gasteiger partial charge in [0.25, 0.3) is 0 Å². The first-order valence-corrected chi connectivity index (χ1v) is 11.7. The number of aryl methyl sites for hydroxylation is 1. The third-order valence-electron chi connectivity index (χ3n) is 4.81. The molecule has 0 spiro atoms. The van der Waals surface area contributed by atoms with Crippen molar-refractivity contribution < 1.29 is 22.7 Å². The van der Waals surface area contributed by atoms with Crippen LogP contribution in [0.3, 0.4) is 0 Å². The molecule has 2 aromatic rings. The molecule has 0 unspecified atom stereocenters. The van der Waals surface area contributed by atoms with E-state index in [-0.39, 0.29) is 42.3 Å². The number of benzene rings is 1. The van der Waals surface area contributed by atoms with Crippen LogP contribution in [0.25, 0.3) is 0 Å². The van der Waals surface area contributed by atoms with Crippen LogP contribution in [0, 0.1) is 12.8 Å². The molecule has 0 bridgehead atoms. The van der Waals surface area contributed by atoms with Gasteiger partial charge in [0.2, 0.25) is 21.8 Å². The summed E-state index contributed by atoms with van der Waals surface area (Å²) in [6, 6.07) is 6.22. The molecule has 0 atom stereocenters. The van der Waals surface area contributed by atoms with Gasteiger partial charge in [-0.1, -0.05) is 0 Å². The van der Waals surface area contributed by atoms with Gasteiger partial charge in [0.15, 0.2) is 5.13 Å². The number of nitrogens with one attached hydrogen (secondary N) is 2. The highest BCUT2D eigenvalue weighted by Gasteiger charge is 2.32. The Morgan fingerprint density at radius 3 is 2.47 bits per heavy atom. The van der Waals surface area contributed by atoms with Crippen molar-refractivity contribution >= 4 is 38.3 Å². The zero-order chi connectivity index (χ0) is 21.7. The Balaban J connectivity index is 1.48. The van der Waals surface area contributed by atoms with Crippen LogP contribution < -0.4 is 15.4 Å². The SMILES string of the molecule is COc1ccc(S(=O)(=O)N2CCC(C(=O)NCC(=O)Nc3ncc(C)s3)CC2)cc1. The number of hydrogen-bond donors (Lipinski definition) is 2. The molecule has 1 aliphatic rings. The fourth-order valence-corrected chi connectivity index (χ4v) is 5.29. The summed E-state index contributed by atoms with van der Waals surface area (Å²) >= 11 is 1.36. The van der Waals surface area contributed by atoms with Crippen molar-refractivity contribution in [1.29, 1.82) is 0 Å². The lowest BCUT2D eigenvalue weighted by atomic mass is 9.97. The highest BCUT2D eigenvalue weighted by atomic mass is 32.2. The maximum Gasteiger partial charge on any atom is 0.245 e. The number of carbonyl (C=O) groups excluding carboxylic acids is 2. The molecule has 1 aromatic carbocycles. The summed E-state index contributed by atoms with van der Waals surface area (Å²) in [5.74, 6) is -0.347. The predicted octanol–water partition coefficient (Wildman–Crippen LogP) is 1.62. The number of sulfonamides is 1. The van der Waals surface area contributed by atoms with E-state index in [9.17, 15) is 18.0 Å². The number of piperidine rings is 1. The summed E-state index contributed by atoms with van der Waals surface area (Å²) in [6.07, 6.45) is 2.45. The maximum absolute atomic E-state index is 12.8. The molecule has 0 radical (unpaired) electrons. The van der Waals surface area contributed by atoms with E-state index >= 15 is 0 Å². The molecule has 0 saturated carbocycles. The highest BCUT2D eigenvalue weighted by Crippen LogP contribution is 2.25. The Bertz CT molecular complexity index is 996. The van der Waals surface area contributed by atoms with Crippen molar-refractivity contribution in [3.63, 3.8) is 0 Å². The summed E-state index contributed by atoms with van der Waals surface area (Å²) in [5, 5.41) is 5.74. The molecule has 30 heavy (non-hydrogen) atoms. The molecule has 162 valence electrons. The molecule has 1 saturated heterocycles. The van der Waals surface area contributed by atoms with Crippen LogP contribution in [0.5, 0.6) is 5.75 Å². The van der Waals surface area contributed by atoms with Gasteiger partial charge in [-0.2, -0.15) is 4.31 Å². The van der Waals surface area contributed by atoms with Crippen LogP contribution >= 0.6 is 11.3 Å². The third kappa shape index (κ3) is 5.35. The number of thiazole rings is 1. The van der Waals surface area contributed by atoms with Crippen LogP contribution in [0.1, 0.15) is 17.7 Å². The van der Waals surface area contributed by atoms with Crippen LogP contribution in [-0.2, 0) is 19.6 Å². The lowest BCUT2D eigenvalue weighted by Crippen LogP contribution is -2.44. The number of nitrogens with zero attached hydrogens (tertiary/aromatic N) is 2. The zero-order valence-electron chi connectivity index (χ0n) is 16.8. The lowest BCUT2D eigenvalue weighted by Gasteiger charge is -2.30. The smallest absolute Gasteiger partial charge is 0.245 e. The second-order valence-corrected chi connectivity index (χ2v) is 10.1. The first-order chi connectivity index (χ1) is 14.3. The maximum atomic E-state index is 12.8. The van der Waals surface area contributed by atoms with Gasteiger partial charge in [-0.25, -0.2) is 13.4 Å². The van der Waals surface area contributed by atoms with Gasteiger partial charge in [0.1, 0.15) is 5.75 Å². The van der Waals surface area contributed by atoms with Gasteiger partial charge in [-0.05, 0) is 44.0 Å². The number of methoxy groups -OCH3 is 1. The predicted molar refractivity (Wildman–Crippen MR) is 113 cm³/mol. The standard InChI is InChI=1S/C19H24N4O5S2/c1-13-11-21-19(29-13)22-17(24)12-20-18(25)14-7-9-23(10-8-14)30(26,27)16-5-3-15(28-2)4-6-16/h3-6,11,14H,7-10,12H2,1-2H3,(H,20,25)(H,21,22,24). The Hall–Kier alpha value is -2.50. The Morgan fingerprint density at radius 1 is 1.23 bits per heavy atom. The molecule has 2 amide bonds. The average Bonchev–Trinajstić information content (AvgIpc) is 3.16. The topological polar surface area (TPSA) is 118 Å². The second-order valence-electron chi connectivity index (χ2n) is 6.90. The van der Waals surface area contributed by atoms with Crippen molar-refractivity contribution in [2.45, 2.75) is 24.7 Å². The summed E-state index contributed by atoms with van der Waals surface area (Å²) in [7, 11) is -2.10. The lowest BCUT2D eigenvalue weighted by molar-refractivity contribution is -0.128. The average molecular weight is 453 g/mol. The van der Waals surface area contributed by atoms with Crippen LogP contribution in [0.2, 0.25) is 0 Å². The second kappa shape index (κ2) is 9.54. The number of aromatic nitrogens is 1. The van der Waals surface area contributed by atoms with Crippen LogP contribution in [0.15, 0.2) is 35.4 Å². The molecule has 3 rings (SSSR count). The molecular weight excluding hydrogens is 428 g/mol. The number of amides is 2. The minimum Gasteiger partial charge on any atom is -0.497 e. The number of ether oxygens (including phenoxy) is 1. The summed E-state index contributed by atoms with van der Waals surface area (Å²) in [4.78, 5) is 29.5. The molecule has 9 nitrogen and oxygen atoms in total. The third-order valence-corrected chi connectivity index (χ3v) is 7.55. The number of anilines is 1. The summed E-state index contributed by atoms with van der Waals surface area (Å²) in [6.45, 7) is 2.23. The fourth-order valence-electron chi connectivity index (χ4n) is 3.14. The summed E-state index contributed by atoms with van der Waals surface area (Å²) < 4.78 is 32.0. The van der Waals surface area contributed by atoms with E-state index in [1.54, 1.807) is 18.3 Å². The minimum atomic E-state index is -3.62. The van der Waals surface area contributed by atoms with Gasteiger partial charge < -0.3 is 15.4 Å². The zero-order valence-corrected chi connectivity index (χ0v) is 18.4. The van der Waals surface area contributed by atoms with Crippen molar-refractivity contribution in [3.8, 4) is 5.75 Å². The van der Waals surface area contributed by atoms with Crippen molar-refractivity contribution in [2.24, 2.45) is 5.92 Å². The van der Waals surface area contributed by atoms with E-state index in [0.29, 0.717) is 23.7 Å². The Kier molecular flexibility index (Phi) is 7.06. The molecular formula is C19H24N4O5S2. The molecule has 2 N–H and O–H groups in total. The normalized spacial score (nSPS) is 15.5. The van der Waals surface area contributed by atoms with Gasteiger partial charge in [0, 0.05) is 30.1 Å². The van der Waals surface area contributed by atoms with Crippen LogP contribution in [0.4, 0.5) is 5.13 Å². The highest BCUT2D eigenvalue weighted by molar-refractivity contribution is 7.89. The quantitative estimate of drug-likeness (QED) is 0.659. The molecule has 0 aliphatic carbocycles. The van der Waals surface area contributed by atoms with E-state index in [2.05, 4.69) is 15.6 Å². The minimum absolute atomic E-state index is 0.151. The van der Waals surface area contributed by atoms with Crippen molar-refractivity contribution in [3.05, 3.63) is 35.3 Å². The first-order valence-electron chi connectivity index (χ1n) is 9.44. The van der Waals surface area contributed by atoms with E-state index in [4.69, 9.17) is 4.74 Å². The Morgan fingerprint density at radius 2 is 1.90 bits per heavy atom. The molecule has 1 aliphatic heterocycles. The van der Waals surface area contributed by atoms with E-state index < -0.39 is 10.0 Å². The largest absolute Gasteiger partial charge is 0.497 e. The van der Waals surface area contributed by atoms with Crippen molar-refractivity contribution in [2.75, 3.05) is 32.1 Å². The van der Waals surface area contributed by atoms with Crippen LogP contribution in [-0.4, -0.2) is 56.3 Å². The van der Waals surface area contributed by atoms with Gasteiger partial charge in [0.05, 0.1) is 18.6 Å². The number of rotatable bonds is 7. The van der Waals surface area contributed by atoms with E-state index in [1.807, 2.05) is 6.92 Å². The van der Waals surface area contributed by atoms with E-state index in [0.717, 1.165) is 4.88 Å². The van der Waals surface area contributed by atoms with Gasteiger partial charge in [-0.3, -0.25) is 9.59 Å². The molecule has 2 heterocycles. The number of hydrogen-bond acceptors (Lipinski definition) is 7. The monoisotopic (exact) mass is 452 g/mol. The first kappa shape index (κ1) is 22.2. The molecule has 11 heteroatoms. The van der Waals surface area contributed by atoms with E-state index in [1.165, 1.54) is 34.9 Å². The molecule has 1 aromatic heterocycles. The van der Waals surface area contributed by atoms with Crippen molar-refractivity contribution in [1.82, 2.24) is 14.6 Å². The van der Waals surface area contributed by atoms with Gasteiger partial charge in [-0.15, -0.1) is 11.3 Å². The van der Waals surface area contributed by atoms with Gasteiger partial charge >= 0.3 is 0 Å². The summed E-state index contributed by atoms with van der Waals surface area (Å²) in [5.41, 5.74) is 0. The fraction of sp³-hybridized carbons (Fsp3) is 0.421. The number of carbonyl (C=O) groups is 2.